The van der Waals surface area contributed by atoms with E-state index in [9.17, 15) is 13.2 Å². The maximum Gasteiger partial charge on any atom is 0.261 e. The van der Waals surface area contributed by atoms with Gasteiger partial charge in [0.2, 0.25) is 10.0 Å². The molecule has 1 aromatic heterocycles. The molecule has 1 aromatic rings. The summed E-state index contributed by atoms with van der Waals surface area (Å²) in [7, 11) is -2.04. The summed E-state index contributed by atoms with van der Waals surface area (Å²) in [4.78, 5) is 12.2. The predicted octanol–water partition coefficient (Wildman–Crippen LogP) is 2.00. The maximum absolute atomic E-state index is 12.8. The second-order valence-electron chi connectivity index (χ2n) is 6.28. The van der Waals surface area contributed by atoms with E-state index in [1.165, 1.54) is 28.4 Å². The quantitative estimate of drug-likeness (QED) is 0.826. The fourth-order valence-electron chi connectivity index (χ4n) is 3.22. The Morgan fingerprint density at radius 1 is 1.38 bits per heavy atom. The highest BCUT2D eigenvalue weighted by Crippen LogP contribution is 2.35. The Labute approximate surface area is 146 Å². The normalized spacial score (nSPS) is 21.5. The fraction of sp³-hybridized carbons (Fsp3) is 0.562. The number of piperidine rings is 1. The molecule has 132 valence electrons. The first kappa shape index (κ1) is 17.6. The van der Waals surface area contributed by atoms with E-state index in [0.29, 0.717) is 37.4 Å². The van der Waals surface area contributed by atoms with Gasteiger partial charge < -0.3 is 10.1 Å². The van der Waals surface area contributed by atoms with Gasteiger partial charge in [-0.3, -0.25) is 4.79 Å². The molecule has 2 aliphatic heterocycles. The SMILES string of the molecule is CNC(=O)c1cc(S(=O)(=O)N2CCC3(C=C(C)CCO3)CC2)cs1. The van der Waals surface area contributed by atoms with Gasteiger partial charge in [0.15, 0.2) is 0 Å². The summed E-state index contributed by atoms with van der Waals surface area (Å²) in [6, 6.07) is 1.45. The minimum Gasteiger partial charge on any atom is -0.370 e. The van der Waals surface area contributed by atoms with E-state index in [-0.39, 0.29) is 16.4 Å². The van der Waals surface area contributed by atoms with Crippen LogP contribution in [0.15, 0.2) is 28.0 Å². The van der Waals surface area contributed by atoms with Crippen LogP contribution < -0.4 is 5.32 Å². The molecule has 1 saturated heterocycles. The van der Waals surface area contributed by atoms with Crippen LogP contribution in [0.25, 0.3) is 0 Å². The largest absolute Gasteiger partial charge is 0.370 e. The maximum atomic E-state index is 12.8. The Morgan fingerprint density at radius 3 is 2.71 bits per heavy atom. The molecule has 2 aliphatic rings. The van der Waals surface area contributed by atoms with E-state index < -0.39 is 10.0 Å². The molecule has 1 spiro atoms. The first-order valence-corrected chi connectivity index (χ1v) is 10.3. The number of nitrogens with zero attached hydrogens (tertiary/aromatic N) is 1. The number of nitrogens with one attached hydrogen (secondary N) is 1. The van der Waals surface area contributed by atoms with Crippen LogP contribution in [0.3, 0.4) is 0 Å². The molecule has 8 heteroatoms. The van der Waals surface area contributed by atoms with Crippen LogP contribution >= 0.6 is 11.3 Å². The number of carbonyl (C=O) groups is 1. The first-order chi connectivity index (χ1) is 11.4. The Hall–Kier alpha value is -1.22. The zero-order valence-electron chi connectivity index (χ0n) is 13.9. The Kier molecular flexibility index (Phi) is 4.83. The van der Waals surface area contributed by atoms with Crippen LogP contribution in [-0.4, -0.2) is 51.0 Å². The highest BCUT2D eigenvalue weighted by Gasteiger charge is 2.39. The molecule has 1 amide bonds. The lowest BCUT2D eigenvalue weighted by Gasteiger charge is -2.41. The lowest BCUT2D eigenvalue weighted by atomic mass is 9.88. The summed E-state index contributed by atoms with van der Waals surface area (Å²) >= 11 is 1.14. The molecule has 0 radical (unpaired) electrons. The molecule has 0 aromatic carbocycles. The van der Waals surface area contributed by atoms with Crippen molar-refractivity contribution in [2.24, 2.45) is 0 Å². The zero-order chi connectivity index (χ0) is 17.4. The Balaban J connectivity index is 1.74. The van der Waals surface area contributed by atoms with E-state index in [4.69, 9.17) is 4.74 Å². The van der Waals surface area contributed by atoms with E-state index in [1.807, 2.05) is 0 Å². The predicted molar refractivity (Wildman–Crippen MR) is 92.8 cm³/mol. The summed E-state index contributed by atoms with van der Waals surface area (Å²) in [5.74, 6) is -0.268. The van der Waals surface area contributed by atoms with E-state index >= 15 is 0 Å². The summed E-state index contributed by atoms with van der Waals surface area (Å²) in [6.45, 7) is 3.66. The van der Waals surface area contributed by atoms with Crippen molar-refractivity contribution in [3.05, 3.63) is 28.0 Å². The molecule has 1 N–H and O–H groups in total. The van der Waals surface area contributed by atoms with Gasteiger partial charge in [-0.05, 0) is 32.3 Å². The highest BCUT2D eigenvalue weighted by atomic mass is 32.2. The van der Waals surface area contributed by atoms with Gasteiger partial charge in [0, 0.05) is 25.5 Å². The third-order valence-electron chi connectivity index (χ3n) is 4.63. The van der Waals surface area contributed by atoms with Crippen molar-refractivity contribution < 1.29 is 17.9 Å². The molecule has 0 unspecified atom stereocenters. The van der Waals surface area contributed by atoms with Crippen molar-refractivity contribution in [1.82, 2.24) is 9.62 Å². The van der Waals surface area contributed by atoms with Gasteiger partial charge >= 0.3 is 0 Å². The minimum atomic E-state index is -3.56. The van der Waals surface area contributed by atoms with Gasteiger partial charge in [-0.15, -0.1) is 11.3 Å². The van der Waals surface area contributed by atoms with Crippen LogP contribution in [-0.2, 0) is 14.8 Å². The van der Waals surface area contributed by atoms with Crippen molar-refractivity contribution in [2.45, 2.75) is 36.7 Å². The van der Waals surface area contributed by atoms with Crippen LogP contribution in [0, 0.1) is 0 Å². The number of rotatable bonds is 3. The molecule has 0 aliphatic carbocycles. The van der Waals surface area contributed by atoms with E-state index in [2.05, 4.69) is 18.3 Å². The molecule has 24 heavy (non-hydrogen) atoms. The molecule has 0 atom stereocenters. The summed E-state index contributed by atoms with van der Waals surface area (Å²) in [6.07, 6.45) is 4.43. The smallest absolute Gasteiger partial charge is 0.261 e. The van der Waals surface area contributed by atoms with Gasteiger partial charge in [-0.1, -0.05) is 11.6 Å². The van der Waals surface area contributed by atoms with Gasteiger partial charge in [-0.2, -0.15) is 4.31 Å². The number of amides is 1. The third kappa shape index (κ3) is 3.28. The van der Waals surface area contributed by atoms with Crippen LogP contribution in [0.2, 0.25) is 0 Å². The number of hydrogen-bond acceptors (Lipinski definition) is 5. The van der Waals surface area contributed by atoms with Crippen LogP contribution in [0.5, 0.6) is 0 Å². The van der Waals surface area contributed by atoms with Crippen molar-refractivity contribution in [2.75, 3.05) is 26.7 Å². The topological polar surface area (TPSA) is 75.7 Å². The number of ether oxygens (including phenoxy) is 1. The van der Waals surface area contributed by atoms with E-state index in [0.717, 1.165) is 17.8 Å². The van der Waals surface area contributed by atoms with Gasteiger partial charge in [-0.25, -0.2) is 8.42 Å². The van der Waals surface area contributed by atoms with Gasteiger partial charge in [0.1, 0.15) is 0 Å². The third-order valence-corrected chi connectivity index (χ3v) is 7.58. The monoisotopic (exact) mass is 370 g/mol. The van der Waals surface area contributed by atoms with Crippen molar-refractivity contribution in [3.8, 4) is 0 Å². The molecular weight excluding hydrogens is 348 g/mol. The summed E-state index contributed by atoms with van der Waals surface area (Å²) in [5, 5.41) is 4.04. The molecule has 0 saturated carbocycles. The van der Waals surface area contributed by atoms with Crippen molar-refractivity contribution in [3.63, 3.8) is 0 Å². The van der Waals surface area contributed by atoms with Crippen LogP contribution in [0.1, 0.15) is 35.9 Å². The fourth-order valence-corrected chi connectivity index (χ4v) is 5.87. The summed E-state index contributed by atoms with van der Waals surface area (Å²) < 4.78 is 33.0. The van der Waals surface area contributed by atoms with Crippen molar-refractivity contribution >= 4 is 27.3 Å². The van der Waals surface area contributed by atoms with Crippen molar-refractivity contribution in [1.29, 1.82) is 0 Å². The Morgan fingerprint density at radius 2 is 2.08 bits per heavy atom. The number of sulfonamides is 1. The lowest BCUT2D eigenvalue weighted by molar-refractivity contribution is -0.0462. The van der Waals surface area contributed by atoms with Gasteiger partial charge in [0.25, 0.3) is 5.91 Å². The average molecular weight is 370 g/mol. The number of hydrogen-bond donors (Lipinski definition) is 1. The molecule has 6 nitrogen and oxygen atoms in total. The number of carbonyl (C=O) groups excluding carboxylic acids is 1. The second-order valence-corrected chi connectivity index (χ2v) is 9.13. The Bertz CT molecular complexity index is 759. The standard InChI is InChI=1S/C16H22N2O4S2/c1-12-3-8-22-16(10-12)4-6-18(7-5-16)24(20,21)13-9-14(23-11-13)15(19)17-2/h9-11H,3-8H2,1-2H3,(H,17,19). The molecule has 0 bridgehead atoms. The minimum absolute atomic E-state index is 0.193. The van der Waals surface area contributed by atoms with Crippen LogP contribution in [0.4, 0.5) is 0 Å². The van der Waals surface area contributed by atoms with Gasteiger partial charge in [0.05, 0.1) is 22.0 Å². The highest BCUT2D eigenvalue weighted by molar-refractivity contribution is 7.89. The van der Waals surface area contributed by atoms with E-state index in [1.54, 1.807) is 0 Å². The second kappa shape index (κ2) is 6.59. The first-order valence-electron chi connectivity index (χ1n) is 7.99. The number of thiophene rings is 1. The zero-order valence-corrected chi connectivity index (χ0v) is 15.5. The molecule has 3 rings (SSSR count). The summed E-state index contributed by atoms with van der Waals surface area (Å²) in [5.41, 5.74) is 1.00. The lowest BCUT2D eigenvalue weighted by Crippen LogP contribution is -2.48. The average Bonchev–Trinajstić information content (AvgIpc) is 3.05. The molecule has 1 fully saturated rings. The molecule has 3 heterocycles. The molecular formula is C16H22N2O4S2.